The molecule has 1 aromatic heterocycles. The number of aliphatic hydroxyl groups is 1. The lowest BCUT2D eigenvalue weighted by Crippen LogP contribution is -2.24. The average Bonchev–Trinajstić information content (AvgIpc) is 2.85. The Bertz CT molecular complexity index is 392. The molecule has 1 aliphatic heterocycles. The van der Waals surface area contributed by atoms with E-state index in [2.05, 4.69) is 9.88 Å². The maximum absolute atomic E-state index is 9.86. The number of hydrogen-bond acceptors (Lipinski definition) is 4. The van der Waals surface area contributed by atoms with Crippen molar-refractivity contribution in [1.29, 1.82) is 0 Å². The van der Waals surface area contributed by atoms with Gasteiger partial charge in [-0.2, -0.15) is 0 Å². The van der Waals surface area contributed by atoms with Gasteiger partial charge in [0.2, 0.25) is 0 Å². The summed E-state index contributed by atoms with van der Waals surface area (Å²) < 4.78 is 0. The summed E-state index contributed by atoms with van der Waals surface area (Å²) in [6.07, 6.45) is 3.95. The minimum Gasteiger partial charge on any atom is -0.393 e. The summed E-state index contributed by atoms with van der Waals surface area (Å²) in [5, 5.41) is 9.86. The second-order valence-electron chi connectivity index (χ2n) is 5.35. The molecule has 17 heavy (non-hydrogen) atoms. The SMILES string of the molecule is Nc1ccc(CN2CC3CCC(O)C3C2)cn1. The zero-order valence-electron chi connectivity index (χ0n) is 9.92. The Labute approximate surface area is 101 Å². The zero-order valence-corrected chi connectivity index (χ0v) is 9.92. The molecule has 2 aliphatic rings. The van der Waals surface area contributed by atoms with Crippen LogP contribution in [-0.2, 0) is 6.54 Å². The predicted octanol–water partition coefficient (Wildman–Crippen LogP) is 0.867. The van der Waals surface area contributed by atoms with E-state index in [1.54, 1.807) is 0 Å². The van der Waals surface area contributed by atoms with Gasteiger partial charge in [-0.15, -0.1) is 0 Å². The number of aromatic nitrogens is 1. The highest BCUT2D eigenvalue weighted by Crippen LogP contribution is 2.38. The lowest BCUT2D eigenvalue weighted by atomic mass is 10.00. The Balaban J connectivity index is 1.62. The molecule has 3 N–H and O–H groups in total. The van der Waals surface area contributed by atoms with E-state index in [4.69, 9.17) is 5.73 Å². The molecule has 92 valence electrons. The van der Waals surface area contributed by atoms with Crippen LogP contribution in [0.15, 0.2) is 18.3 Å². The Morgan fingerprint density at radius 2 is 2.24 bits per heavy atom. The number of hydrogen-bond donors (Lipinski definition) is 2. The number of pyridine rings is 1. The number of likely N-dealkylation sites (tertiary alicyclic amines) is 1. The molecule has 0 aromatic carbocycles. The minimum absolute atomic E-state index is 0.0745. The van der Waals surface area contributed by atoms with Crippen LogP contribution in [0.2, 0.25) is 0 Å². The van der Waals surface area contributed by atoms with Gasteiger partial charge in [-0.1, -0.05) is 6.07 Å². The lowest BCUT2D eigenvalue weighted by Gasteiger charge is -2.17. The fraction of sp³-hybridized carbons (Fsp3) is 0.615. The first-order valence-electron chi connectivity index (χ1n) is 6.33. The molecule has 0 spiro atoms. The molecule has 0 bridgehead atoms. The molecule has 2 fully saturated rings. The van der Waals surface area contributed by atoms with Gasteiger partial charge in [0.15, 0.2) is 0 Å². The molecule has 0 amide bonds. The van der Waals surface area contributed by atoms with E-state index in [9.17, 15) is 5.11 Å². The molecule has 1 aromatic rings. The lowest BCUT2D eigenvalue weighted by molar-refractivity contribution is 0.123. The van der Waals surface area contributed by atoms with E-state index in [1.807, 2.05) is 18.3 Å². The van der Waals surface area contributed by atoms with Crippen LogP contribution in [0.25, 0.3) is 0 Å². The molecule has 3 rings (SSSR count). The predicted molar refractivity (Wildman–Crippen MR) is 66.1 cm³/mol. The summed E-state index contributed by atoms with van der Waals surface area (Å²) >= 11 is 0. The van der Waals surface area contributed by atoms with Crippen LogP contribution in [0.4, 0.5) is 5.82 Å². The second kappa shape index (κ2) is 4.27. The van der Waals surface area contributed by atoms with Gasteiger partial charge in [0.1, 0.15) is 5.82 Å². The number of fused-ring (bicyclic) bond motifs is 1. The summed E-state index contributed by atoms with van der Waals surface area (Å²) in [4.78, 5) is 6.53. The highest BCUT2D eigenvalue weighted by molar-refractivity contribution is 5.29. The molecule has 3 unspecified atom stereocenters. The highest BCUT2D eigenvalue weighted by atomic mass is 16.3. The van der Waals surface area contributed by atoms with Gasteiger partial charge in [-0.3, -0.25) is 4.90 Å². The number of nitrogens with zero attached hydrogens (tertiary/aromatic N) is 2. The smallest absolute Gasteiger partial charge is 0.123 e. The van der Waals surface area contributed by atoms with Gasteiger partial charge in [0, 0.05) is 31.7 Å². The monoisotopic (exact) mass is 233 g/mol. The van der Waals surface area contributed by atoms with Crippen LogP contribution in [0.1, 0.15) is 18.4 Å². The molecule has 4 heteroatoms. The van der Waals surface area contributed by atoms with Crippen molar-refractivity contribution < 1.29 is 5.11 Å². The molecule has 3 atom stereocenters. The first-order valence-corrected chi connectivity index (χ1v) is 6.33. The Hall–Kier alpha value is -1.13. The number of aliphatic hydroxyl groups excluding tert-OH is 1. The van der Waals surface area contributed by atoms with Gasteiger partial charge in [-0.05, 0) is 30.4 Å². The number of rotatable bonds is 2. The summed E-state index contributed by atoms with van der Waals surface area (Å²) in [7, 11) is 0. The van der Waals surface area contributed by atoms with Crippen LogP contribution in [0, 0.1) is 11.8 Å². The summed E-state index contributed by atoms with van der Waals surface area (Å²) in [6.45, 7) is 3.06. The van der Waals surface area contributed by atoms with Crippen LogP contribution >= 0.6 is 0 Å². The topological polar surface area (TPSA) is 62.4 Å². The van der Waals surface area contributed by atoms with Gasteiger partial charge in [0.25, 0.3) is 0 Å². The average molecular weight is 233 g/mol. The maximum Gasteiger partial charge on any atom is 0.123 e. The quantitative estimate of drug-likeness (QED) is 0.795. The first-order chi connectivity index (χ1) is 8.22. The van der Waals surface area contributed by atoms with E-state index >= 15 is 0 Å². The molecule has 1 saturated heterocycles. The molecule has 1 aliphatic carbocycles. The molecule has 0 radical (unpaired) electrons. The Morgan fingerprint density at radius 1 is 1.35 bits per heavy atom. The molecular formula is C13H19N3O. The van der Waals surface area contributed by atoms with E-state index in [0.29, 0.717) is 17.7 Å². The third kappa shape index (κ3) is 2.15. The standard InChI is InChI=1S/C13H19N3O/c14-13-4-1-9(5-15-13)6-16-7-10-2-3-12(17)11(10)8-16/h1,4-5,10-12,17H,2-3,6-8H2,(H2,14,15). The first kappa shape index (κ1) is 11.0. The van der Waals surface area contributed by atoms with E-state index in [1.165, 1.54) is 12.0 Å². The largest absolute Gasteiger partial charge is 0.393 e. The van der Waals surface area contributed by atoms with Crippen LogP contribution in [0.3, 0.4) is 0 Å². The van der Waals surface area contributed by atoms with Crippen molar-refractivity contribution in [3.8, 4) is 0 Å². The normalized spacial score (nSPS) is 32.9. The number of anilines is 1. The third-order valence-electron chi connectivity index (χ3n) is 4.15. The molecule has 2 heterocycles. The Morgan fingerprint density at radius 3 is 2.94 bits per heavy atom. The number of nitrogens with two attached hydrogens (primary N) is 1. The van der Waals surface area contributed by atoms with Crippen LogP contribution in [0.5, 0.6) is 0 Å². The van der Waals surface area contributed by atoms with Crippen molar-refractivity contribution in [3.05, 3.63) is 23.9 Å². The van der Waals surface area contributed by atoms with Crippen LogP contribution in [-0.4, -0.2) is 34.2 Å². The second-order valence-corrected chi connectivity index (χ2v) is 5.35. The summed E-state index contributed by atoms with van der Waals surface area (Å²) in [5.74, 6) is 1.77. The van der Waals surface area contributed by atoms with Crippen molar-refractivity contribution in [1.82, 2.24) is 9.88 Å². The fourth-order valence-corrected chi connectivity index (χ4v) is 3.25. The molecule has 1 saturated carbocycles. The molecule has 4 nitrogen and oxygen atoms in total. The third-order valence-corrected chi connectivity index (χ3v) is 4.15. The van der Waals surface area contributed by atoms with Crippen molar-refractivity contribution in [2.75, 3.05) is 18.8 Å². The van der Waals surface area contributed by atoms with E-state index in [0.717, 1.165) is 26.1 Å². The van der Waals surface area contributed by atoms with Crippen molar-refractivity contribution in [2.45, 2.75) is 25.5 Å². The van der Waals surface area contributed by atoms with Gasteiger partial charge >= 0.3 is 0 Å². The Kier molecular flexibility index (Phi) is 2.76. The van der Waals surface area contributed by atoms with Gasteiger partial charge in [0.05, 0.1) is 6.10 Å². The minimum atomic E-state index is -0.0745. The highest BCUT2D eigenvalue weighted by Gasteiger charge is 2.41. The number of nitrogen functional groups attached to an aromatic ring is 1. The zero-order chi connectivity index (χ0) is 11.8. The fourth-order valence-electron chi connectivity index (χ4n) is 3.25. The van der Waals surface area contributed by atoms with Gasteiger partial charge in [-0.25, -0.2) is 4.98 Å². The van der Waals surface area contributed by atoms with Crippen LogP contribution < -0.4 is 5.73 Å². The summed E-state index contributed by atoms with van der Waals surface area (Å²) in [6, 6.07) is 3.88. The van der Waals surface area contributed by atoms with Gasteiger partial charge < -0.3 is 10.8 Å². The van der Waals surface area contributed by atoms with E-state index < -0.39 is 0 Å². The van der Waals surface area contributed by atoms with Crippen molar-refractivity contribution in [3.63, 3.8) is 0 Å². The summed E-state index contributed by atoms with van der Waals surface area (Å²) in [5.41, 5.74) is 6.77. The molecular weight excluding hydrogens is 214 g/mol. The van der Waals surface area contributed by atoms with E-state index in [-0.39, 0.29) is 6.10 Å². The van der Waals surface area contributed by atoms with Crippen molar-refractivity contribution >= 4 is 5.82 Å². The van der Waals surface area contributed by atoms with Crippen molar-refractivity contribution in [2.24, 2.45) is 11.8 Å². The maximum atomic E-state index is 9.86.